The van der Waals surface area contributed by atoms with Crippen LogP contribution in [0.5, 0.6) is 0 Å². The van der Waals surface area contributed by atoms with Crippen LogP contribution >= 0.6 is 0 Å². The highest BCUT2D eigenvalue weighted by molar-refractivity contribution is 5.85. The van der Waals surface area contributed by atoms with Crippen molar-refractivity contribution in [3.8, 4) is 0 Å². The molecule has 1 aromatic carbocycles. The van der Waals surface area contributed by atoms with Crippen molar-refractivity contribution in [1.82, 2.24) is 4.90 Å². The summed E-state index contributed by atoms with van der Waals surface area (Å²) in [6.07, 6.45) is -0.483. The van der Waals surface area contributed by atoms with Gasteiger partial charge in [-0.1, -0.05) is 30.3 Å². The van der Waals surface area contributed by atoms with Crippen LogP contribution in [0.2, 0.25) is 0 Å². The first kappa shape index (κ1) is 12.6. The van der Waals surface area contributed by atoms with Crippen molar-refractivity contribution in [3.05, 3.63) is 35.9 Å². The number of hydrogen-bond donors (Lipinski definition) is 2. The fourth-order valence-electron chi connectivity index (χ4n) is 2.18. The Labute approximate surface area is 105 Å². The number of carboxylic acid groups (broad SMARTS) is 1. The zero-order valence-electron chi connectivity index (χ0n) is 9.82. The first-order chi connectivity index (χ1) is 8.58. The van der Waals surface area contributed by atoms with Crippen molar-refractivity contribution in [2.75, 3.05) is 6.54 Å². The van der Waals surface area contributed by atoms with Crippen molar-refractivity contribution in [2.24, 2.45) is 0 Å². The van der Waals surface area contributed by atoms with Crippen molar-refractivity contribution in [2.45, 2.75) is 25.0 Å². The zero-order chi connectivity index (χ0) is 13.1. The molecule has 1 unspecified atom stereocenters. The molecule has 1 aromatic rings. The summed E-state index contributed by atoms with van der Waals surface area (Å²) in [7, 11) is 0. The molecule has 1 aliphatic heterocycles. The lowest BCUT2D eigenvalue weighted by molar-refractivity contribution is -0.148. The van der Waals surface area contributed by atoms with Crippen LogP contribution in [0.15, 0.2) is 30.3 Å². The summed E-state index contributed by atoms with van der Waals surface area (Å²) >= 11 is 0. The second-order valence-corrected chi connectivity index (χ2v) is 4.45. The molecule has 96 valence electrons. The van der Waals surface area contributed by atoms with E-state index in [1.807, 2.05) is 30.3 Å². The summed E-state index contributed by atoms with van der Waals surface area (Å²) in [4.78, 5) is 24.1. The van der Waals surface area contributed by atoms with E-state index in [2.05, 4.69) is 0 Å². The van der Waals surface area contributed by atoms with E-state index in [9.17, 15) is 19.8 Å². The Balaban J connectivity index is 2.14. The van der Waals surface area contributed by atoms with Crippen molar-refractivity contribution < 1.29 is 19.8 Å². The van der Waals surface area contributed by atoms with E-state index in [1.165, 1.54) is 4.90 Å². The Morgan fingerprint density at radius 2 is 2.06 bits per heavy atom. The number of β-amino-alcohol motifs (C(OH)–C–C–N with tert-alkyl or cyclic N) is 1. The topological polar surface area (TPSA) is 77.8 Å². The van der Waals surface area contributed by atoms with Gasteiger partial charge in [0.25, 0.3) is 0 Å². The highest BCUT2D eigenvalue weighted by Crippen LogP contribution is 2.18. The van der Waals surface area contributed by atoms with E-state index >= 15 is 0 Å². The van der Waals surface area contributed by atoms with E-state index < -0.39 is 18.1 Å². The van der Waals surface area contributed by atoms with Crippen LogP contribution in [-0.2, 0) is 16.0 Å². The molecule has 1 amide bonds. The normalized spacial score (nSPS) is 21.1. The molecule has 0 aliphatic carbocycles. The Bertz CT molecular complexity index is 446. The van der Waals surface area contributed by atoms with Gasteiger partial charge in [0.2, 0.25) is 5.91 Å². The maximum Gasteiger partial charge on any atom is 0.326 e. The number of nitrogens with zero attached hydrogens (tertiary/aromatic N) is 1. The lowest BCUT2D eigenvalue weighted by Crippen LogP contribution is -2.44. The van der Waals surface area contributed by atoms with Crippen molar-refractivity contribution in [1.29, 1.82) is 0 Å². The average molecular weight is 249 g/mol. The van der Waals surface area contributed by atoms with Gasteiger partial charge in [-0.15, -0.1) is 0 Å². The fourth-order valence-corrected chi connectivity index (χ4v) is 2.18. The molecule has 1 saturated heterocycles. The molecule has 5 heteroatoms. The third kappa shape index (κ3) is 2.68. The van der Waals surface area contributed by atoms with Gasteiger partial charge in [0.15, 0.2) is 0 Å². The first-order valence-corrected chi connectivity index (χ1v) is 5.82. The van der Waals surface area contributed by atoms with Crippen LogP contribution in [0, 0.1) is 0 Å². The molecular formula is C13H15NO4. The Kier molecular flexibility index (Phi) is 3.62. The van der Waals surface area contributed by atoms with E-state index in [-0.39, 0.29) is 25.3 Å². The molecule has 1 fully saturated rings. The van der Waals surface area contributed by atoms with Crippen LogP contribution in [0.25, 0.3) is 0 Å². The SMILES string of the molecule is O=C(O)[C@H](Cc1ccccc1)N1CC(O)CC1=O. The second kappa shape index (κ2) is 5.18. The number of amides is 1. The van der Waals surface area contributed by atoms with Gasteiger partial charge in [0.05, 0.1) is 12.5 Å². The Morgan fingerprint density at radius 3 is 2.56 bits per heavy atom. The third-order valence-corrected chi connectivity index (χ3v) is 3.07. The third-order valence-electron chi connectivity index (χ3n) is 3.07. The van der Waals surface area contributed by atoms with E-state index in [1.54, 1.807) is 0 Å². The summed E-state index contributed by atoms with van der Waals surface area (Å²) in [5.74, 6) is -1.34. The van der Waals surface area contributed by atoms with Crippen molar-refractivity contribution in [3.63, 3.8) is 0 Å². The molecule has 2 atom stereocenters. The quantitative estimate of drug-likeness (QED) is 0.803. The molecule has 18 heavy (non-hydrogen) atoms. The number of rotatable bonds is 4. The van der Waals surface area contributed by atoms with Gasteiger partial charge in [0, 0.05) is 13.0 Å². The number of benzene rings is 1. The van der Waals surface area contributed by atoms with E-state index in [0.29, 0.717) is 0 Å². The monoisotopic (exact) mass is 249 g/mol. The predicted octanol–water partition coefficient (Wildman–Crippen LogP) is 0.276. The van der Waals surface area contributed by atoms with Gasteiger partial charge >= 0.3 is 5.97 Å². The van der Waals surface area contributed by atoms with Gasteiger partial charge in [-0.25, -0.2) is 4.79 Å². The number of aliphatic carboxylic acids is 1. The minimum Gasteiger partial charge on any atom is -0.480 e. The summed E-state index contributed by atoms with van der Waals surface area (Å²) in [5, 5.41) is 18.6. The number of carbonyl (C=O) groups excluding carboxylic acids is 1. The smallest absolute Gasteiger partial charge is 0.326 e. The second-order valence-electron chi connectivity index (χ2n) is 4.45. The summed E-state index contributed by atoms with van der Waals surface area (Å²) in [5.41, 5.74) is 0.860. The zero-order valence-corrected chi connectivity index (χ0v) is 9.82. The highest BCUT2D eigenvalue weighted by atomic mass is 16.4. The summed E-state index contributed by atoms with van der Waals surface area (Å²) in [6.45, 7) is 0.0998. The summed E-state index contributed by atoms with van der Waals surface area (Å²) < 4.78 is 0. The van der Waals surface area contributed by atoms with Gasteiger partial charge in [-0.05, 0) is 5.56 Å². The molecule has 1 aliphatic rings. The lowest BCUT2D eigenvalue weighted by Gasteiger charge is -2.24. The van der Waals surface area contributed by atoms with Crippen LogP contribution in [0.4, 0.5) is 0 Å². The van der Waals surface area contributed by atoms with Gasteiger partial charge in [-0.2, -0.15) is 0 Å². The maximum absolute atomic E-state index is 11.6. The molecule has 5 nitrogen and oxygen atoms in total. The van der Waals surface area contributed by atoms with E-state index in [0.717, 1.165) is 5.56 Å². The first-order valence-electron chi connectivity index (χ1n) is 5.82. The van der Waals surface area contributed by atoms with Crippen molar-refractivity contribution >= 4 is 11.9 Å². The molecule has 0 aromatic heterocycles. The largest absolute Gasteiger partial charge is 0.480 e. The van der Waals surface area contributed by atoms with Crippen LogP contribution in [0.1, 0.15) is 12.0 Å². The lowest BCUT2D eigenvalue weighted by atomic mass is 10.1. The number of carboxylic acids is 1. The molecular weight excluding hydrogens is 234 g/mol. The van der Waals surface area contributed by atoms with Crippen LogP contribution in [-0.4, -0.2) is 45.7 Å². The number of aliphatic hydroxyl groups is 1. The van der Waals surface area contributed by atoms with Crippen LogP contribution in [0.3, 0.4) is 0 Å². The van der Waals surface area contributed by atoms with Crippen LogP contribution < -0.4 is 0 Å². The molecule has 0 spiro atoms. The van der Waals surface area contributed by atoms with E-state index in [4.69, 9.17) is 0 Å². The number of hydrogen-bond acceptors (Lipinski definition) is 3. The predicted molar refractivity (Wildman–Crippen MR) is 63.9 cm³/mol. The number of aliphatic hydroxyl groups excluding tert-OH is 1. The Hall–Kier alpha value is -1.88. The highest BCUT2D eigenvalue weighted by Gasteiger charge is 2.36. The van der Waals surface area contributed by atoms with Gasteiger partial charge in [-0.3, -0.25) is 4.79 Å². The molecule has 1 heterocycles. The molecule has 0 radical (unpaired) electrons. The number of carbonyl (C=O) groups is 2. The minimum absolute atomic E-state index is 0.0125. The summed E-state index contributed by atoms with van der Waals surface area (Å²) in [6, 6.07) is 8.25. The molecule has 0 saturated carbocycles. The average Bonchev–Trinajstić information content (AvgIpc) is 2.66. The number of likely N-dealkylation sites (tertiary alicyclic amines) is 1. The Morgan fingerprint density at radius 1 is 1.39 bits per heavy atom. The van der Waals surface area contributed by atoms with Gasteiger partial charge < -0.3 is 15.1 Å². The molecule has 2 rings (SSSR count). The standard InChI is InChI=1S/C13H15NO4/c15-10-7-12(16)14(8-10)11(13(17)18)6-9-4-2-1-3-5-9/h1-5,10-11,15H,6-8H2,(H,17,18)/t10?,11-/m0/s1. The molecule has 0 bridgehead atoms. The maximum atomic E-state index is 11.6. The van der Waals surface area contributed by atoms with Gasteiger partial charge in [0.1, 0.15) is 6.04 Å². The minimum atomic E-state index is -1.04. The molecule has 2 N–H and O–H groups in total. The fraction of sp³-hybridized carbons (Fsp3) is 0.385.